The van der Waals surface area contributed by atoms with E-state index in [1.807, 2.05) is 0 Å². The Hall–Kier alpha value is -1.05. The van der Waals surface area contributed by atoms with Crippen molar-refractivity contribution in [2.45, 2.75) is 204 Å². The van der Waals surface area contributed by atoms with Crippen molar-refractivity contribution in [2.75, 3.05) is 13.2 Å². The Kier molecular flexibility index (Phi) is 10.7. The minimum absolute atomic E-state index is 0.0829. The molecular formula is C43H70O15. The summed E-state index contributed by atoms with van der Waals surface area (Å²) in [4.78, 5) is 12.1. The van der Waals surface area contributed by atoms with Crippen molar-refractivity contribution in [2.24, 2.45) is 44.8 Å². The number of carbonyl (C=O) groups excluding carboxylic acids is 1. The monoisotopic (exact) mass is 826 g/mol. The van der Waals surface area contributed by atoms with Crippen LogP contribution in [0.5, 0.6) is 0 Å². The maximum atomic E-state index is 12.2. The molecule has 0 amide bonds. The van der Waals surface area contributed by atoms with Gasteiger partial charge in [-0.25, -0.2) is 0 Å². The van der Waals surface area contributed by atoms with Crippen LogP contribution in [0.1, 0.15) is 113 Å². The fourth-order valence-corrected chi connectivity index (χ4v) is 15.2. The predicted molar refractivity (Wildman–Crippen MR) is 203 cm³/mol. The van der Waals surface area contributed by atoms with Crippen molar-refractivity contribution < 1.29 is 74.1 Å². The van der Waals surface area contributed by atoms with E-state index in [9.17, 15) is 45.6 Å². The van der Waals surface area contributed by atoms with Crippen molar-refractivity contribution in [3.05, 3.63) is 0 Å². The van der Waals surface area contributed by atoms with Gasteiger partial charge in [0.15, 0.2) is 18.7 Å². The number of ether oxygens (including phenoxy) is 6. The lowest BCUT2D eigenvalue weighted by atomic mass is 9.41. The molecule has 15 heteroatoms. The van der Waals surface area contributed by atoms with Crippen LogP contribution < -0.4 is 0 Å². The van der Waals surface area contributed by atoms with Gasteiger partial charge in [-0.15, -0.1) is 0 Å². The summed E-state index contributed by atoms with van der Waals surface area (Å²) in [6.07, 6.45) is -7.66. The first-order chi connectivity index (χ1) is 26.9. The molecule has 0 aromatic heterocycles. The lowest BCUT2D eigenvalue weighted by Crippen LogP contribution is -2.65. The molecule has 2 spiro atoms. The Morgan fingerprint density at radius 2 is 1.50 bits per heavy atom. The highest BCUT2D eigenvalue weighted by Crippen LogP contribution is 2.89. The van der Waals surface area contributed by atoms with Gasteiger partial charge in [0.1, 0.15) is 36.6 Å². The molecule has 8 fully saturated rings. The molecule has 332 valence electrons. The van der Waals surface area contributed by atoms with Crippen LogP contribution in [0.2, 0.25) is 0 Å². The van der Waals surface area contributed by atoms with Crippen LogP contribution in [0.15, 0.2) is 0 Å². The summed E-state index contributed by atoms with van der Waals surface area (Å²) in [5.41, 5.74) is -3.32. The van der Waals surface area contributed by atoms with E-state index in [0.717, 1.165) is 32.1 Å². The SMILES string of the molecule is CC(=O)O[C@H]1[C@H](O[C@H]2CC[C@]34CC35CC[C@]3(C)C([C@@]6(C)CC[C@@H](C(C)(C)O)O6)[C@@H](O)C[C@@]3(C)[C@@H]5C[C@H](O[C@@H]3O[C@H](CO)[C@@H](O)[C@H](O)[C@H]3O)[C@H]4C2(C)C)OC[C@@H](O)[C@@H]1O. The predicted octanol–water partition coefficient (Wildman–Crippen LogP) is 1.29. The van der Waals surface area contributed by atoms with E-state index in [2.05, 4.69) is 34.6 Å². The number of fused-ring (bicyclic) bond motifs is 2. The molecule has 0 aromatic carbocycles. The number of aliphatic hydroxyl groups is 8. The Morgan fingerprint density at radius 3 is 2.14 bits per heavy atom. The fourth-order valence-electron chi connectivity index (χ4n) is 15.2. The van der Waals surface area contributed by atoms with Gasteiger partial charge in [0, 0.05) is 12.8 Å². The van der Waals surface area contributed by atoms with Gasteiger partial charge >= 0.3 is 5.97 Å². The molecule has 3 saturated heterocycles. The number of hydrogen-bond acceptors (Lipinski definition) is 15. The molecule has 15 nitrogen and oxygen atoms in total. The smallest absolute Gasteiger partial charge is 0.303 e. The Balaban J connectivity index is 1.15. The van der Waals surface area contributed by atoms with Crippen LogP contribution in [0, 0.1) is 44.8 Å². The van der Waals surface area contributed by atoms with Crippen LogP contribution in [-0.4, -0.2) is 151 Å². The van der Waals surface area contributed by atoms with E-state index in [1.54, 1.807) is 13.8 Å². The molecule has 58 heavy (non-hydrogen) atoms. The Bertz CT molecular complexity index is 1570. The number of carbonyl (C=O) groups is 1. The number of esters is 1. The van der Waals surface area contributed by atoms with E-state index in [4.69, 9.17) is 28.4 Å². The number of aliphatic hydroxyl groups excluding tert-OH is 7. The molecule has 8 aliphatic rings. The van der Waals surface area contributed by atoms with Crippen LogP contribution in [-0.2, 0) is 33.2 Å². The molecule has 5 saturated carbocycles. The first kappa shape index (κ1) is 43.6. The number of hydrogen-bond donors (Lipinski definition) is 8. The maximum absolute atomic E-state index is 12.2. The average Bonchev–Trinajstić information content (AvgIpc) is 3.50. The molecule has 8 N–H and O–H groups in total. The molecule has 3 aliphatic heterocycles. The minimum atomic E-state index is -1.62. The topological polar surface area (TPSA) is 234 Å². The zero-order valence-corrected chi connectivity index (χ0v) is 35.5. The van der Waals surface area contributed by atoms with Crippen LogP contribution in [0.3, 0.4) is 0 Å². The van der Waals surface area contributed by atoms with Crippen molar-refractivity contribution in [3.63, 3.8) is 0 Å². The molecule has 0 bridgehead atoms. The van der Waals surface area contributed by atoms with E-state index in [1.165, 1.54) is 6.92 Å². The van der Waals surface area contributed by atoms with Gasteiger partial charge < -0.3 is 69.3 Å². The van der Waals surface area contributed by atoms with Gasteiger partial charge in [-0.2, -0.15) is 0 Å². The summed E-state index contributed by atoms with van der Waals surface area (Å²) in [5, 5.41) is 87.3. The molecule has 0 aromatic rings. The summed E-state index contributed by atoms with van der Waals surface area (Å²) in [7, 11) is 0. The second kappa shape index (κ2) is 14.2. The van der Waals surface area contributed by atoms with Crippen molar-refractivity contribution >= 4 is 5.97 Å². The Morgan fingerprint density at radius 1 is 0.793 bits per heavy atom. The van der Waals surface area contributed by atoms with Crippen LogP contribution in [0.25, 0.3) is 0 Å². The van der Waals surface area contributed by atoms with Crippen LogP contribution in [0.4, 0.5) is 0 Å². The van der Waals surface area contributed by atoms with Gasteiger partial charge in [-0.3, -0.25) is 4.79 Å². The third-order valence-corrected chi connectivity index (χ3v) is 17.9. The van der Waals surface area contributed by atoms with E-state index < -0.39 is 103 Å². The van der Waals surface area contributed by atoms with Crippen molar-refractivity contribution in [1.82, 2.24) is 0 Å². The summed E-state index contributed by atoms with van der Waals surface area (Å²) < 4.78 is 37.8. The molecule has 3 heterocycles. The molecule has 5 aliphatic carbocycles. The fraction of sp³-hybridized carbons (Fsp3) is 0.977. The van der Waals surface area contributed by atoms with Gasteiger partial charge in [0.25, 0.3) is 0 Å². The zero-order chi connectivity index (χ0) is 42.3. The van der Waals surface area contributed by atoms with Crippen molar-refractivity contribution in [3.8, 4) is 0 Å². The molecule has 21 atom stereocenters. The third-order valence-electron chi connectivity index (χ3n) is 17.9. The maximum Gasteiger partial charge on any atom is 0.303 e. The normalized spacial score (nSPS) is 56.1. The molecular weight excluding hydrogens is 756 g/mol. The quantitative estimate of drug-likeness (QED) is 0.127. The standard InChI is InChI=1S/C43H70O15/c1-20(45)54-32-28(48)22(47)18-53-36(32)57-26-10-12-43-19-42(43)14-13-39(6)33(41(8)11-9-27(58-41)38(4,5)52)21(46)16-40(39,7)25(42)15-23(34(43)37(26,2)3)55-35-31(51)30(50)29(49)24(17-44)56-35/h21-36,44,46-52H,9-19H2,1-8H3/t21-,22+,23-,24+,25-,26-,27-,28-,29+,30-,31+,32+,33?,34-,35+,36-,39+,40-,41+,42?,43+/m0/s1. The van der Waals surface area contributed by atoms with Crippen LogP contribution >= 0.6 is 0 Å². The molecule has 0 radical (unpaired) electrons. The van der Waals surface area contributed by atoms with E-state index in [0.29, 0.717) is 25.7 Å². The minimum Gasteiger partial charge on any atom is -0.454 e. The average molecular weight is 827 g/mol. The lowest BCUT2D eigenvalue weighted by Gasteiger charge is -2.65. The summed E-state index contributed by atoms with van der Waals surface area (Å²) in [5.74, 6) is -0.931. The molecule has 2 unspecified atom stereocenters. The highest BCUT2D eigenvalue weighted by molar-refractivity contribution is 5.66. The Labute approximate surface area is 341 Å². The van der Waals surface area contributed by atoms with E-state index >= 15 is 0 Å². The summed E-state index contributed by atoms with van der Waals surface area (Å²) in [6.45, 7) is 15.0. The van der Waals surface area contributed by atoms with E-state index in [-0.39, 0.29) is 52.1 Å². The van der Waals surface area contributed by atoms with Gasteiger partial charge in [0.05, 0.1) is 48.8 Å². The number of rotatable bonds is 8. The van der Waals surface area contributed by atoms with Crippen molar-refractivity contribution in [1.29, 1.82) is 0 Å². The third kappa shape index (κ3) is 6.17. The first-order valence-corrected chi connectivity index (χ1v) is 21.8. The zero-order valence-electron chi connectivity index (χ0n) is 35.5. The van der Waals surface area contributed by atoms with Gasteiger partial charge in [-0.05, 0) is 117 Å². The highest BCUT2D eigenvalue weighted by Gasteiger charge is 2.85. The first-order valence-electron chi connectivity index (χ1n) is 21.8. The molecule has 8 rings (SSSR count). The second-order valence-corrected chi connectivity index (χ2v) is 21.6. The highest BCUT2D eigenvalue weighted by atomic mass is 16.7. The van der Waals surface area contributed by atoms with Gasteiger partial charge in [-0.1, -0.05) is 27.7 Å². The second-order valence-electron chi connectivity index (χ2n) is 21.6. The summed E-state index contributed by atoms with van der Waals surface area (Å²) in [6, 6.07) is 0. The lowest BCUT2D eigenvalue weighted by molar-refractivity contribution is -0.339. The van der Waals surface area contributed by atoms with Gasteiger partial charge in [0.2, 0.25) is 0 Å². The summed E-state index contributed by atoms with van der Waals surface area (Å²) >= 11 is 0. The largest absolute Gasteiger partial charge is 0.454 e.